The van der Waals surface area contributed by atoms with Crippen LogP contribution in [0.15, 0.2) is 29.3 Å². The second-order valence-electron chi connectivity index (χ2n) is 7.66. The molecule has 154 valence electrons. The number of benzene rings is 1. The van der Waals surface area contributed by atoms with Crippen molar-refractivity contribution >= 4 is 11.9 Å². The molecule has 3 rings (SSSR count). The second-order valence-corrected chi connectivity index (χ2v) is 7.66. The van der Waals surface area contributed by atoms with Crippen molar-refractivity contribution in [3.63, 3.8) is 0 Å². The second kappa shape index (κ2) is 9.78. The van der Waals surface area contributed by atoms with Crippen LogP contribution in [-0.4, -0.2) is 81.8 Å². The van der Waals surface area contributed by atoms with E-state index >= 15 is 0 Å². The monoisotopic (exact) mass is 388 g/mol. The van der Waals surface area contributed by atoms with Crippen LogP contribution < -0.4 is 10.1 Å². The van der Waals surface area contributed by atoms with Gasteiger partial charge in [0.25, 0.3) is 0 Å². The van der Waals surface area contributed by atoms with Gasteiger partial charge < -0.3 is 24.6 Å². The van der Waals surface area contributed by atoms with Crippen molar-refractivity contribution in [3.05, 3.63) is 29.8 Å². The number of hydrogen-bond donors (Lipinski definition) is 1. The van der Waals surface area contributed by atoms with E-state index in [1.165, 1.54) is 5.56 Å². The lowest BCUT2D eigenvalue weighted by Gasteiger charge is -2.29. The summed E-state index contributed by atoms with van der Waals surface area (Å²) in [5.74, 6) is 2.19. The average molecular weight is 389 g/mol. The van der Waals surface area contributed by atoms with Gasteiger partial charge in [0.1, 0.15) is 12.3 Å². The summed E-state index contributed by atoms with van der Waals surface area (Å²) in [5, 5.41) is 3.59. The molecule has 2 fully saturated rings. The van der Waals surface area contributed by atoms with E-state index in [0.717, 1.165) is 57.3 Å². The van der Waals surface area contributed by atoms with Crippen molar-refractivity contribution in [2.75, 3.05) is 54.1 Å². The Morgan fingerprint density at radius 3 is 2.61 bits per heavy atom. The first-order valence-electron chi connectivity index (χ1n) is 10.0. The van der Waals surface area contributed by atoms with E-state index in [2.05, 4.69) is 27.3 Å². The molecule has 2 aliphatic heterocycles. The molecule has 1 amide bonds. The lowest BCUT2D eigenvalue weighted by molar-refractivity contribution is -0.127. The normalized spacial score (nSPS) is 20.9. The van der Waals surface area contributed by atoms with Gasteiger partial charge in [0, 0.05) is 52.4 Å². The summed E-state index contributed by atoms with van der Waals surface area (Å²) in [6.45, 7) is 3.55. The number of guanidine groups is 1. The maximum absolute atomic E-state index is 12.0. The zero-order chi connectivity index (χ0) is 19.9. The highest BCUT2D eigenvalue weighted by molar-refractivity contribution is 5.85. The Bertz CT molecular complexity index is 669. The molecule has 0 spiro atoms. The number of nitrogens with one attached hydrogen (secondary N) is 1. The summed E-state index contributed by atoms with van der Waals surface area (Å²) in [6.07, 6.45) is 3.01. The predicted molar refractivity (Wildman–Crippen MR) is 110 cm³/mol. The maximum Gasteiger partial charge on any atom is 0.243 e. The minimum absolute atomic E-state index is 0.0113. The number of carbonyl (C=O) groups excluding carboxylic acids is 1. The van der Waals surface area contributed by atoms with Gasteiger partial charge in [-0.25, -0.2) is 4.99 Å². The number of amides is 1. The molecule has 2 saturated heterocycles. The zero-order valence-electron chi connectivity index (χ0n) is 17.2. The highest BCUT2D eigenvalue weighted by atomic mass is 16.5. The van der Waals surface area contributed by atoms with E-state index in [0.29, 0.717) is 12.0 Å². The first kappa shape index (κ1) is 20.5. The first-order valence-corrected chi connectivity index (χ1v) is 10.0. The molecule has 7 heteroatoms. The van der Waals surface area contributed by atoms with Gasteiger partial charge in [0.15, 0.2) is 5.96 Å². The average Bonchev–Trinajstić information content (AvgIpc) is 3.21. The Hall–Kier alpha value is -2.28. The fourth-order valence-corrected chi connectivity index (χ4v) is 3.65. The molecule has 1 aromatic carbocycles. The summed E-state index contributed by atoms with van der Waals surface area (Å²) in [7, 11) is 5.21. The van der Waals surface area contributed by atoms with Crippen LogP contribution in [0.25, 0.3) is 0 Å². The van der Waals surface area contributed by atoms with Crippen LogP contribution in [0.3, 0.4) is 0 Å². The number of ether oxygens (including phenoxy) is 2. The summed E-state index contributed by atoms with van der Waals surface area (Å²) < 4.78 is 10.7. The smallest absolute Gasteiger partial charge is 0.243 e. The van der Waals surface area contributed by atoms with Crippen LogP contribution in [0.2, 0.25) is 0 Å². The molecule has 0 radical (unpaired) electrons. The van der Waals surface area contributed by atoms with Crippen molar-refractivity contribution in [3.8, 4) is 5.75 Å². The largest absolute Gasteiger partial charge is 0.497 e. The molecule has 0 aliphatic carbocycles. The van der Waals surface area contributed by atoms with Crippen LogP contribution in [0, 0.1) is 0 Å². The van der Waals surface area contributed by atoms with Crippen molar-refractivity contribution in [1.82, 2.24) is 15.1 Å². The standard InChI is InChI=1S/C21H32N4O3/c1-24(2)20(26)14-22-21(23-18-9-12-28-13-10-18)25-11-8-17(15-25)16-4-6-19(27-3)7-5-16/h4-7,17-18H,8-15H2,1-3H3,(H,22,23). The van der Waals surface area contributed by atoms with Gasteiger partial charge >= 0.3 is 0 Å². The van der Waals surface area contributed by atoms with Gasteiger partial charge in [0.2, 0.25) is 5.91 Å². The summed E-state index contributed by atoms with van der Waals surface area (Å²) >= 11 is 0. The molecule has 0 aromatic heterocycles. The van der Waals surface area contributed by atoms with E-state index < -0.39 is 0 Å². The van der Waals surface area contributed by atoms with Gasteiger partial charge in [-0.3, -0.25) is 4.79 Å². The number of likely N-dealkylation sites (tertiary alicyclic amines) is 1. The molecular weight excluding hydrogens is 356 g/mol. The van der Waals surface area contributed by atoms with Gasteiger partial charge in [0.05, 0.1) is 7.11 Å². The van der Waals surface area contributed by atoms with Crippen molar-refractivity contribution in [2.24, 2.45) is 4.99 Å². The number of likely N-dealkylation sites (N-methyl/N-ethyl adjacent to an activating group) is 1. The lowest BCUT2D eigenvalue weighted by atomic mass is 9.98. The van der Waals surface area contributed by atoms with E-state index in [-0.39, 0.29) is 12.5 Å². The van der Waals surface area contributed by atoms with E-state index in [9.17, 15) is 4.79 Å². The lowest BCUT2D eigenvalue weighted by Crippen LogP contribution is -2.47. The molecule has 7 nitrogen and oxygen atoms in total. The summed E-state index contributed by atoms with van der Waals surface area (Å²) in [4.78, 5) is 20.6. The molecule has 1 unspecified atom stereocenters. The van der Waals surface area contributed by atoms with Crippen LogP contribution >= 0.6 is 0 Å². The van der Waals surface area contributed by atoms with Gasteiger partial charge in [-0.15, -0.1) is 0 Å². The Labute approximate surface area is 167 Å². The molecule has 1 aromatic rings. The third kappa shape index (κ3) is 5.38. The summed E-state index contributed by atoms with van der Waals surface area (Å²) in [6, 6.07) is 8.67. The topological polar surface area (TPSA) is 66.4 Å². The first-order chi connectivity index (χ1) is 13.6. The van der Waals surface area contributed by atoms with Crippen molar-refractivity contribution < 1.29 is 14.3 Å². The number of methoxy groups -OCH3 is 1. The van der Waals surface area contributed by atoms with Gasteiger partial charge in [-0.05, 0) is 37.0 Å². The van der Waals surface area contributed by atoms with E-state index in [4.69, 9.17) is 9.47 Å². The molecule has 28 heavy (non-hydrogen) atoms. The minimum Gasteiger partial charge on any atom is -0.497 e. The van der Waals surface area contributed by atoms with Crippen LogP contribution in [0.5, 0.6) is 5.75 Å². The molecule has 0 bridgehead atoms. The fourth-order valence-electron chi connectivity index (χ4n) is 3.65. The van der Waals surface area contributed by atoms with Crippen LogP contribution in [0.1, 0.15) is 30.7 Å². The van der Waals surface area contributed by atoms with Gasteiger partial charge in [-0.2, -0.15) is 0 Å². The molecule has 1 atom stereocenters. The van der Waals surface area contributed by atoms with Gasteiger partial charge in [-0.1, -0.05) is 12.1 Å². The van der Waals surface area contributed by atoms with E-state index in [1.807, 2.05) is 12.1 Å². The predicted octanol–water partition coefficient (Wildman–Crippen LogP) is 1.70. The number of nitrogens with zero attached hydrogens (tertiary/aromatic N) is 3. The van der Waals surface area contributed by atoms with Crippen molar-refractivity contribution in [1.29, 1.82) is 0 Å². The SMILES string of the molecule is COc1ccc(C2CCN(C(=NCC(=O)N(C)C)NC3CCOCC3)C2)cc1. The Kier molecular flexibility index (Phi) is 7.14. The number of aliphatic imine (C=N–C) groups is 1. The molecule has 2 aliphatic rings. The third-order valence-electron chi connectivity index (χ3n) is 5.49. The Balaban J connectivity index is 1.68. The molecule has 2 heterocycles. The Morgan fingerprint density at radius 1 is 1.25 bits per heavy atom. The highest BCUT2D eigenvalue weighted by Gasteiger charge is 2.28. The number of hydrogen-bond acceptors (Lipinski definition) is 4. The molecule has 0 saturated carbocycles. The van der Waals surface area contributed by atoms with Crippen LogP contribution in [0.4, 0.5) is 0 Å². The molecule has 1 N–H and O–H groups in total. The Morgan fingerprint density at radius 2 is 1.96 bits per heavy atom. The molecular formula is C21H32N4O3. The number of rotatable bonds is 5. The minimum atomic E-state index is 0.0113. The van der Waals surface area contributed by atoms with E-state index in [1.54, 1.807) is 26.1 Å². The highest BCUT2D eigenvalue weighted by Crippen LogP contribution is 2.28. The zero-order valence-corrected chi connectivity index (χ0v) is 17.2. The summed E-state index contributed by atoms with van der Waals surface area (Å²) in [5.41, 5.74) is 1.32. The van der Waals surface area contributed by atoms with Crippen molar-refractivity contribution in [2.45, 2.75) is 31.2 Å². The number of carbonyl (C=O) groups is 1. The van der Waals surface area contributed by atoms with Crippen LogP contribution in [-0.2, 0) is 9.53 Å². The maximum atomic E-state index is 12.0. The quantitative estimate of drug-likeness (QED) is 0.614. The fraction of sp³-hybridized carbons (Fsp3) is 0.619. The third-order valence-corrected chi connectivity index (χ3v) is 5.49.